The van der Waals surface area contributed by atoms with E-state index in [9.17, 15) is 4.79 Å². The molecule has 1 saturated heterocycles. The van der Waals surface area contributed by atoms with Crippen LogP contribution in [-0.4, -0.2) is 46.3 Å². The van der Waals surface area contributed by atoms with Crippen molar-refractivity contribution >= 4 is 17.5 Å². The summed E-state index contributed by atoms with van der Waals surface area (Å²) in [4.78, 5) is 14.4. The average Bonchev–Trinajstić information content (AvgIpc) is 2.96. The van der Waals surface area contributed by atoms with Crippen LogP contribution in [0.15, 0.2) is 30.3 Å². The molecule has 0 aliphatic carbocycles. The van der Waals surface area contributed by atoms with E-state index in [0.29, 0.717) is 23.8 Å². The zero-order valence-corrected chi connectivity index (χ0v) is 13.3. The first-order valence-electron chi connectivity index (χ1n) is 7.29. The van der Waals surface area contributed by atoms with Gasteiger partial charge in [0.05, 0.1) is 17.9 Å². The van der Waals surface area contributed by atoms with Crippen molar-refractivity contribution in [3.05, 3.63) is 41.0 Å². The number of hydrogen-bond donors (Lipinski definition) is 1. The molecule has 116 valence electrons. The lowest BCUT2D eigenvalue weighted by Gasteiger charge is -2.34. The summed E-state index contributed by atoms with van der Waals surface area (Å²) >= 11 is 5.88. The number of amides is 1. The highest BCUT2D eigenvalue weighted by Crippen LogP contribution is 2.21. The van der Waals surface area contributed by atoms with Crippen LogP contribution in [0, 0.1) is 0 Å². The monoisotopic (exact) mass is 319 g/mol. The van der Waals surface area contributed by atoms with Crippen molar-refractivity contribution in [2.45, 2.75) is 26.1 Å². The van der Waals surface area contributed by atoms with Gasteiger partial charge in [0.15, 0.2) is 0 Å². The van der Waals surface area contributed by atoms with Gasteiger partial charge in [0, 0.05) is 23.7 Å². The number of hydrogen-bond acceptors (Lipinski definition) is 3. The normalized spacial score (nSPS) is 21.9. The molecule has 1 aromatic heterocycles. The smallest absolute Gasteiger partial charge is 0.272 e. The van der Waals surface area contributed by atoms with Gasteiger partial charge in [-0.1, -0.05) is 23.7 Å². The van der Waals surface area contributed by atoms with Crippen LogP contribution >= 0.6 is 11.6 Å². The van der Waals surface area contributed by atoms with Crippen molar-refractivity contribution in [1.29, 1.82) is 0 Å². The summed E-state index contributed by atoms with van der Waals surface area (Å²) in [5, 5.41) is 7.73. The fourth-order valence-corrected chi connectivity index (χ4v) is 2.84. The van der Waals surface area contributed by atoms with Crippen LogP contribution < -0.4 is 0 Å². The number of carbonyl (C=O) groups is 1. The van der Waals surface area contributed by atoms with Gasteiger partial charge in [-0.05, 0) is 32.0 Å². The van der Waals surface area contributed by atoms with Crippen molar-refractivity contribution < 1.29 is 9.53 Å². The highest BCUT2D eigenvalue weighted by molar-refractivity contribution is 6.30. The molecule has 0 radical (unpaired) electrons. The maximum absolute atomic E-state index is 12.6. The molecule has 3 rings (SSSR count). The molecule has 1 aliphatic rings. The average molecular weight is 320 g/mol. The zero-order chi connectivity index (χ0) is 15.7. The van der Waals surface area contributed by atoms with E-state index in [1.807, 2.05) is 26.0 Å². The second kappa shape index (κ2) is 6.10. The molecule has 1 N–H and O–H groups in total. The van der Waals surface area contributed by atoms with Gasteiger partial charge in [-0.2, -0.15) is 5.10 Å². The SMILES string of the molecule is C[C@@H]1CN(C(=O)c2cc(-c3ccc(Cl)cc3)n[nH]2)C[C@H](C)O1. The molecule has 1 aromatic carbocycles. The Morgan fingerprint density at radius 1 is 1.27 bits per heavy atom. The maximum Gasteiger partial charge on any atom is 0.272 e. The number of morpholine rings is 1. The van der Waals surface area contributed by atoms with Gasteiger partial charge in [-0.15, -0.1) is 0 Å². The third-order valence-electron chi connectivity index (χ3n) is 3.66. The van der Waals surface area contributed by atoms with E-state index in [-0.39, 0.29) is 18.1 Å². The summed E-state index contributed by atoms with van der Waals surface area (Å²) in [5.41, 5.74) is 2.14. The van der Waals surface area contributed by atoms with Crippen molar-refractivity contribution in [2.24, 2.45) is 0 Å². The highest BCUT2D eigenvalue weighted by Gasteiger charge is 2.27. The van der Waals surface area contributed by atoms with Crippen molar-refractivity contribution in [3.8, 4) is 11.3 Å². The number of halogens is 1. The number of nitrogens with one attached hydrogen (secondary N) is 1. The number of H-pyrrole nitrogens is 1. The summed E-state index contributed by atoms with van der Waals surface area (Å²) in [6.45, 7) is 5.14. The third-order valence-corrected chi connectivity index (χ3v) is 3.91. The van der Waals surface area contributed by atoms with Crippen LogP contribution in [0.4, 0.5) is 0 Å². The lowest BCUT2D eigenvalue weighted by atomic mass is 10.1. The third kappa shape index (κ3) is 3.15. The van der Waals surface area contributed by atoms with Crippen molar-refractivity contribution in [2.75, 3.05) is 13.1 Å². The molecule has 0 saturated carbocycles. The van der Waals surface area contributed by atoms with E-state index < -0.39 is 0 Å². The molecule has 2 aromatic rings. The first-order valence-corrected chi connectivity index (χ1v) is 7.67. The van der Waals surface area contributed by atoms with Gasteiger partial charge in [-0.3, -0.25) is 9.89 Å². The fourth-order valence-electron chi connectivity index (χ4n) is 2.71. The predicted octanol–water partition coefficient (Wildman–Crippen LogP) is 2.98. The molecule has 0 unspecified atom stereocenters. The summed E-state index contributed by atoms with van der Waals surface area (Å²) < 4.78 is 5.66. The number of rotatable bonds is 2. The second-order valence-electron chi connectivity index (χ2n) is 5.64. The van der Waals surface area contributed by atoms with Crippen LogP contribution in [-0.2, 0) is 4.74 Å². The second-order valence-corrected chi connectivity index (χ2v) is 6.08. The molecule has 1 amide bonds. The minimum absolute atomic E-state index is 0.0466. The molecule has 2 heterocycles. The number of nitrogens with zero attached hydrogens (tertiary/aromatic N) is 2. The van der Waals surface area contributed by atoms with Crippen LogP contribution in [0.5, 0.6) is 0 Å². The lowest BCUT2D eigenvalue weighted by molar-refractivity contribution is -0.0587. The molecule has 0 bridgehead atoms. The Hall–Kier alpha value is -1.85. The van der Waals surface area contributed by atoms with E-state index in [1.54, 1.807) is 23.1 Å². The molecular formula is C16H18ClN3O2. The Kier molecular flexibility index (Phi) is 4.18. The maximum atomic E-state index is 12.6. The molecule has 22 heavy (non-hydrogen) atoms. The quantitative estimate of drug-likeness (QED) is 0.925. The first kappa shape index (κ1) is 15.1. The first-order chi connectivity index (χ1) is 10.5. The van der Waals surface area contributed by atoms with Crippen molar-refractivity contribution in [3.63, 3.8) is 0 Å². The molecule has 6 heteroatoms. The van der Waals surface area contributed by atoms with Gasteiger partial charge >= 0.3 is 0 Å². The molecule has 0 spiro atoms. The molecule has 2 atom stereocenters. The summed E-state index contributed by atoms with van der Waals surface area (Å²) in [7, 11) is 0. The number of carbonyl (C=O) groups excluding carboxylic acids is 1. The largest absolute Gasteiger partial charge is 0.372 e. The Morgan fingerprint density at radius 3 is 2.55 bits per heavy atom. The van der Waals surface area contributed by atoms with Crippen molar-refractivity contribution in [1.82, 2.24) is 15.1 Å². The van der Waals surface area contributed by atoms with E-state index in [0.717, 1.165) is 11.3 Å². The number of aromatic amines is 1. The Bertz CT molecular complexity index is 658. The number of benzene rings is 1. The van der Waals surface area contributed by atoms with E-state index in [4.69, 9.17) is 16.3 Å². The minimum Gasteiger partial charge on any atom is -0.372 e. The van der Waals surface area contributed by atoms with Gasteiger partial charge in [0.2, 0.25) is 0 Å². The van der Waals surface area contributed by atoms with Crippen LogP contribution in [0.2, 0.25) is 5.02 Å². The zero-order valence-electron chi connectivity index (χ0n) is 12.5. The molecule has 1 fully saturated rings. The van der Waals surface area contributed by atoms with Gasteiger partial charge in [0.1, 0.15) is 5.69 Å². The van der Waals surface area contributed by atoms with E-state index in [1.165, 1.54) is 0 Å². The lowest BCUT2D eigenvalue weighted by Crippen LogP contribution is -2.48. The predicted molar refractivity (Wildman–Crippen MR) is 84.9 cm³/mol. The standard InChI is InChI=1S/C16H18ClN3O2/c1-10-8-20(9-11(2)22-10)16(21)15-7-14(18-19-15)12-3-5-13(17)6-4-12/h3-7,10-11H,8-9H2,1-2H3,(H,18,19)/t10-,11+. The van der Waals surface area contributed by atoms with Gasteiger partial charge in [-0.25, -0.2) is 0 Å². The van der Waals surface area contributed by atoms with Crippen LogP contribution in [0.3, 0.4) is 0 Å². The molecular weight excluding hydrogens is 302 g/mol. The van der Waals surface area contributed by atoms with Gasteiger partial charge in [0.25, 0.3) is 5.91 Å². The van der Waals surface area contributed by atoms with Crippen LogP contribution in [0.1, 0.15) is 24.3 Å². The fraction of sp³-hybridized carbons (Fsp3) is 0.375. The van der Waals surface area contributed by atoms with Gasteiger partial charge < -0.3 is 9.64 Å². The topological polar surface area (TPSA) is 58.2 Å². The Balaban J connectivity index is 1.78. The Labute approximate surface area is 134 Å². The Morgan fingerprint density at radius 2 is 1.91 bits per heavy atom. The van der Waals surface area contributed by atoms with E-state index in [2.05, 4.69) is 10.2 Å². The molecule has 5 nitrogen and oxygen atoms in total. The van der Waals surface area contributed by atoms with E-state index >= 15 is 0 Å². The van der Waals surface area contributed by atoms with Crippen LogP contribution in [0.25, 0.3) is 11.3 Å². The number of ether oxygens (including phenoxy) is 1. The molecule has 1 aliphatic heterocycles. The number of aromatic nitrogens is 2. The minimum atomic E-state index is -0.0466. The summed E-state index contributed by atoms with van der Waals surface area (Å²) in [5.74, 6) is -0.0466. The highest BCUT2D eigenvalue weighted by atomic mass is 35.5. The summed E-state index contributed by atoms with van der Waals surface area (Å²) in [6, 6.07) is 9.14. The summed E-state index contributed by atoms with van der Waals surface area (Å²) in [6.07, 6.45) is 0.0951.